The van der Waals surface area contributed by atoms with Gasteiger partial charge in [0.05, 0.1) is 0 Å². The van der Waals surface area contributed by atoms with E-state index >= 15 is 0 Å². The average molecular weight is 490 g/mol. The van der Waals surface area contributed by atoms with Gasteiger partial charge in [0.2, 0.25) is 0 Å². The molecule has 0 aliphatic carbocycles. The maximum absolute atomic E-state index is 6.91. The molecule has 0 amide bonds. The maximum Gasteiger partial charge on any atom is 0.0473 e. The van der Waals surface area contributed by atoms with E-state index in [0.29, 0.717) is 0 Å². The van der Waals surface area contributed by atoms with Crippen LogP contribution >= 0.6 is 0 Å². The lowest BCUT2D eigenvalue weighted by Crippen LogP contribution is -2.16. The SMILES string of the molecule is CC(C)(C)c1cc(-c2cccc(-c3cc(C(C)(C)C)cc(-c4ccccc4)c3N)c2)cc(C(C)(C)C)c1. The van der Waals surface area contributed by atoms with Crippen molar-refractivity contribution >= 4 is 5.69 Å². The van der Waals surface area contributed by atoms with E-state index in [1.165, 1.54) is 27.8 Å². The quantitative estimate of drug-likeness (QED) is 0.285. The molecule has 0 saturated heterocycles. The zero-order chi connectivity index (χ0) is 27.2. The van der Waals surface area contributed by atoms with Crippen LogP contribution < -0.4 is 5.73 Å². The smallest absolute Gasteiger partial charge is 0.0473 e. The third-order valence-corrected chi connectivity index (χ3v) is 7.30. The third kappa shape index (κ3) is 5.82. The van der Waals surface area contributed by atoms with Crippen LogP contribution in [-0.4, -0.2) is 0 Å². The average Bonchev–Trinajstić information content (AvgIpc) is 2.83. The van der Waals surface area contributed by atoms with Gasteiger partial charge in [-0.15, -0.1) is 0 Å². The fourth-order valence-electron chi connectivity index (χ4n) is 4.71. The van der Waals surface area contributed by atoms with Crippen LogP contribution in [-0.2, 0) is 16.2 Å². The molecule has 1 heteroatoms. The topological polar surface area (TPSA) is 26.0 Å². The molecule has 4 aromatic carbocycles. The predicted molar refractivity (Wildman–Crippen MR) is 163 cm³/mol. The third-order valence-electron chi connectivity index (χ3n) is 7.30. The Morgan fingerprint density at radius 1 is 0.405 bits per heavy atom. The minimum atomic E-state index is 0.00619. The molecule has 37 heavy (non-hydrogen) atoms. The molecule has 0 fully saturated rings. The lowest BCUT2D eigenvalue weighted by Gasteiger charge is -2.26. The molecular weight excluding hydrogens is 446 g/mol. The molecule has 0 spiro atoms. The van der Waals surface area contributed by atoms with Crippen molar-refractivity contribution in [1.29, 1.82) is 0 Å². The first-order valence-electron chi connectivity index (χ1n) is 13.4. The van der Waals surface area contributed by atoms with E-state index in [2.05, 4.69) is 147 Å². The van der Waals surface area contributed by atoms with E-state index < -0.39 is 0 Å². The highest BCUT2D eigenvalue weighted by Gasteiger charge is 2.22. The molecule has 192 valence electrons. The van der Waals surface area contributed by atoms with Crippen LogP contribution in [0.2, 0.25) is 0 Å². The number of nitrogens with two attached hydrogens (primary N) is 1. The second-order valence-electron chi connectivity index (χ2n) is 13.5. The van der Waals surface area contributed by atoms with Gasteiger partial charge in [-0.05, 0) is 73.4 Å². The van der Waals surface area contributed by atoms with Gasteiger partial charge in [-0.25, -0.2) is 0 Å². The molecule has 0 aliphatic heterocycles. The summed E-state index contributed by atoms with van der Waals surface area (Å²) in [6.45, 7) is 20.5. The number of nitrogen functional groups attached to an aromatic ring is 1. The Morgan fingerprint density at radius 2 is 0.838 bits per heavy atom. The summed E-state index contributed by atoms with van der Waals surface area (Å²) in [5.41, 5.74) is 18.9. The van der Waals surface area contributed by atoms with Crippen molar-refractivity contribution in [1.82, 2.24) is 0 Å². The van der Waals surface area contributed by atoms with E-state index in [9.17, 15) is 0 Å². The zero-order valence-corrected chi connectivity index (χ0v) is 24.2. The Bertz CT molecular complexity index is 1370. The Morgan fingerprint density at radius 3 is 1.35 bits per heavy atom. The van der Waals surface area contributed by atoms with Crippen molar-refractivity contribution in [3.8, 4) is 33.4 Å². The summed E-state index contributed by atoms with van der Waals surface area (Å²) >= 11 is 0. The molecule has 0 aliphatic rings. The number of benzene rings is 4. The van der Waals surface area contributed by atoms with Crippen molar-refractivity contribution in [2.45, 2.75) is 78.6 Å². The number of hydrogen-bond donors (Lipinski definition) is 1. The highest BCUT2D eigenvalue weighted by molar-refractivity contribution is 5.91. The van der Waals surface area contributed by atoms with Gasteiger partial charge in [0.15, 0.2) is 0 Å². The Kier molecular flexibility index (Phi) is 6.88. The first kappa shape index (κ1) is 26.7. The standard InChI is InChI=1S/C36H43N/c1-34(2,3)28-19-27(20-29(21-28)35(4,5)6)25-16-13-17-26(18-25)32-23-30(36(7,8)9)22-31(33(32)37)24-14-11-10-12-15-24/h10-23H,37H2,1-9H3. The van der Waals surface area contributed by atoms with E-state index in [-0.39, 0.29) is 16.2 Å². The van der Waals surface area contributed by atoms with Crippen molar-refractivity contribution in [2.24, 2.45) is 0 Å². The van der Waals surface area contributed by atoms with E-state index in [0.717, 1.165) is 27.9 Å². The molecule has 0 heterocycles. The summed E-state index contributed by atoms with van der Waals surface area (Å²) in [5, 5.41) is 0. The van der Waals surface area contributed by atoms with Gasteiger partial charge in [-0.1, -0.05) is 129 Å². The number of hydrogen-bond acceptors (Lipinski definition) is 1. The van der Waals surface area contributed by atoms with Crippen molar-refractivity contribution in [3.05, 3.63) is 102 Å². The molecule has 1 nitrogen and oxygen atoms in total. The Balaban J connectivity index is 1.93. The predicted octanol–water partition coefficient (Wildman–Crippen LogP) is 10.2. The van der Waals surface area contributed by atoms with Crippen LogP contribution in [0.3, 0.4) is 0 Å². The molecule has 4 rings (SSSR count). The molecule has 0 bridgehead atoms. The second-order valence-corrected chi connectivity index (χ2v) is 13.5. The minimum Gasteiger partial charge on any atom is -0.398 e. The molecule has 4 aromatic rings. The van der Waals surface area contributed by atoms with Crippen LogP contribution in [0.5, 0.6) is 0 Å². The molecular formula is C36H43N. The van der Waals surface area contributed by atoms with Gasteiger partial charge in [-0.2, -0.15) is 0 Å². The van der Waals surface area contributed by atoms with Gasteiger partial charge >= 0.3 is 0 Å². The number of anilines is 1. The number of rotatable bonds is 3. The van der Waals surface area contributed by atoms with E-state index in [4.69, 9.17) is 5.73 Å². The van der Waals surface area contributed by atoms with E-state index in [1.807, 2.05) is 0 Å². The monoisotopic (exact) mass is 489 g/mol. The van der Waals surface area contributed by atoms with Gasteiger partial charge in [0, 0.05) is 16.8 Å². The summed E-state index contributed by atoms with van der Waals surface area (Å²) in [7, 11) is 0. The van der Waals surface area contributed by atoms with Crippen molar-refractivity contribution in [3.63, 3.8) is 0 Å². The minimum absolute atomic E-state index is 0.00619. The van der Waals surface area contributed by atoms with Crippen LogP contribution in [0.4, 0.5) is 5.69 Å². The summed E-state index contributed by atoms with van der Waals surface area (Å²) in [5.74, 6) is 0. The first-order chi connectivity index (χ1) is 17.1. The van der Waals surface area contributed by atoms with Crippen LogP contribution in [0.1, 0.15) is 79.0 Å². The molecule has 0 atom stereocenters. The van der Waals surface area contributed by atoms with Crippen LogP contribution in [0.25, 0.3) is 33.4 Å². The summed E-state index contributed by atoms with van der Waals surface area (Å²) in [4.78, 5) is 0. The maximum atomic E-state index is 6.91. The van der Waals surface area contributed by atoms with Gasteiger partial charge in [0.1, 0.15) is 0 Å². The fraction of sp³-hybridized carbons (Fsp3) is 0.333. The van der Waals surface area contributed by atoms with Gasteiger partial charge in [0.25, 0.3) is 0 Å². The molecule has 0 saturated carbocycles. The van der Waals surface area contributed by atoms with E-state index in [1.54, 1.807) is 0 Å². The zero-order valence-electron chi connectivity index (χ0n) is 24.2. The molecule has 0 aromatic heterocycles. The lowest BCUT2D eigenvalue weighted by molar-refractivity contribution is 0.569. The van der Waals surface area contributed by atoms with Gasteiger partial charge < -0.3 is 5.73 Å². The molecule has 0 unspecified atom stereocenters. The lowest BCUT2D eigenvalue weighted by atomic mass is 9.78. The first-order valence-corrected chi connectivity index (χ1v) is 13.4. The normalized spacial score (nSPS) is 12.6. The Labute approximate surface area is 224 Å². The largest absolute Gasteiger partial charge is 0.398 e. The highest BCUT2D eigenvalue weighted by atomic mass is 14.6. The summed E-state index contributed by atoms with van der Waals surface area (Å²) in [6.07, 6.45) is 0. The molecule has 0 radical (unpaired) electrons. The second kappa shape index (κ2) is 9.53. The highest BCUT2D eigenvalue weighted by Crippen LogP contribution is 2.41. The van der Waals surface area contributed by atoms with Crippen molar-refractivity contribution < 1.29 is 0 Å². The summed E-state index contributed by atoms with van der Waals surface area (Å²) < 4.78 is 0. The fourth-order valence-corrected chi connectivity index (χ4v) is 4.71. The van der Waals surface area contributed by atoms with Crippen LogP contribution in [0.15, 0.2) is 84.9 Å². The van der Waals surface area contributed by atoms with Crippen molar-refractivity contribution in [2.75, 3.05) is 5.73 Å². The molecule has 2 N–H and O–H groups in total. The summed E-state index contributed by atoms with van der Waals surface area (Å²) in [6, 6.07) is 31.0. The van der Waals surface area contributed by atoms with Gasteiger partial charge in [-0.3, -0.25) is 0 Å². The Hall–Kier alpha value is -3.32. The van der Waals surface area contributed by atoms with Crippen LogP contribution in [0, 0.1) is 0 Å².